The monoisotopic (exact) mass is 277 g/mol. The SMILES string of the molecule is CCn1ncc(OC)c1C(CCOCC(F)F)NC. The fraction of sp³-hybridized carbons (Fsp3) is 0.750. The van der Waals surface area contributed by atoms with E-state index < -0.39 is 13.0 Å². The number of halogens is 2. The molecule has 0 bridgehead atoms. The van der Waals surface area contributed by atoms with Crippen LogP contribution in [0, 0.1) is 0 Å². The highest BCUT2D eigenvalue weighted by Crippen LogP contribution is 2.26. The third-order valence-electron chi connectivity index (χ3n) is 2.84. The molecule has 0 saturated carbocycles. The first kappa shape index (κ1) is 15.8. The molecule has 0 radical (unpaired) electrons. The highest BCUT2D eigenvalue weighted by atomic mass is 19.3. The van der Waals surface area contributed by atoms with Crippen LogP contribution >= 0.6 is 0 Å². The number of nitrogens with one attached hydrogen (secondary N) is 1. The molecule has 0 aliphatic heterocycles. The highest BCUT2D eigenvalue weighted by Gasteiger charge is 2.20. The van der Waals surface area contributed by atoms with E-state index in [1.165, 1.54) is 0 Å². The smallest absolute Gasteiger partial charge is 0.261 e. The molecule has 1 heterocycles. The minimum absolute atomic E-state index is 0.0462. The van der Waals surface area contributed by atoms with Gasteiger partial charge in [-0.25, -0.2) is 8.78 Å². The summed E-state index contributed by atoms with van der Waals surface area (Å²) in [6, 6.07) is -0.0462. The van der Waals surface area contributed by atoms with E-state index in [1.807, 2.05) is 18.7 Å². The number of aromatic nitrogens is 2. The zero-order valence-electron chi connectivity index (χ0n) is 11.5. The van der Waals surface area contributed by atoms with Crippen LogP contribution in [0.15, 0.2) is 6.20 Å². The van der Waals surface area contributed by atoms with Crippen LogP contribution in [0.25, 0.3) is 0 Å². The van der Waals surface area contributed by atoms with E-state index in [1.54, 1.807) is 13.3 Å². The Balaban J connectivity index is 2.65. The van der Waals surface area contributed by atoms with Crippen molar-refractivity contribution in [3.05, 3.63) is 11.9 Å². The largest absolute Gasteiger partial charge is 0.493 e. The molecule has 1 rings (SSSR count). The number of alkyl halides is 2. The summed E-state index contributed by atoms with van der Waals surface area (Å²) < 4.78 is 36.0. The van der Waals surface area contributed by atoms with Gasteiger partial charge in [0.1, 0.15) is 6.61 Å². The van der Waals surface area contributed by atoms with Crippen LogP contribution in [0.5, 0.6) is 5.75 Å². The molecule has 0 aliphatic rings. The lowest BCUT2D eigenvalue weighted by molar-refractivity contribution is 0.0143. The molecule has 0 amide bonds. The molecule has 19 heavy (non-hydrogen) atoms. The summed E-state index contributed by atoms with van der Waals surface area (Å²) in [5.74, 6) is 0.690. The molecule has 7 heteroatoms. The van der Waals surface area contributed by atoms with E-state index in [0.717, 1.165) is 12.2 Å². The van der Waals surface area contributed by atoms with Gasteiger partial charge in [0.15, 0.2) is 5.75 Å². The summed E-state index contributed by atoms with van der Waals surface area (Å²) in [5.41, 5.74) is 0.910. The minimum atomic E-state index is -2.43. The average molecular weight is 277 g/mol. The molecule has 1 aromatic heterocycles. The second-order valence-electron chi connectivity index (χ2n) is 4.01. The van der Waals surface area contributed by atoms with Crippen molar-refractivity contribution in [1.82, 2.24) is 15.1 Å². The lowest BCUT2D eigenvalue weighted by Gasteiger charge is -2.18. The molecule has 110 valence electrons. The van der Waals surface area contributed by atoms with Crippen LogP contribution in [0.2, 0.25) is 0 Å². The molecule has 1 aromatic rings. The first-order valence-corrected chi connectivity index (χ1v) is 6.26. The Morgan fingerprint density at radius 2 is 2.21 bits per heavy atom. The van der Waals surface area contributed by atoms with Crippen molar-refractivity contribution in [2.75, 3.05) is 27.4 Å². The summed E-state index contributed by atoms with van der Waals surface area (Å²) in [7, 11) is 3.39. The number of methoxy groups -OCH3 is 1. The van der Waals surface area contributed by atoms with Crippen LogP contribution in [-0.4, -0.2) is 43.6 Å². The fourth-order valence-corrected chi connectivity index (χ4v) is 1.93. The summed E-state index contributed by atoms with van der Waals surface area (Å²) in [4.78, 5) is 0. The fourth-order valence-electron chi connectivity index (χ4n) is 1.93. The predicted molar refractivity (Wildman–Crippen MR) is 67.7 cm³/mol. The summed E-state index contributed by atoms with van der Waals surface area (Å²) in [5, 5.41) is 7.36. The van der Waals surface area contributed by atoms with Crippen LogP contribution in [0.4, 0.5) is 8.78 Å². The van der Waals surface area contributed by atoms with Gasteiger partial charge in [-0.3, -0.25) is 4.68 Å². The summed E-state index contributed by atoms with van der Waals surface area (Å²) in [6.45, 7) is 2.43. The van der Waals surface area contributed by atoms with Gasteiger partial charge in [0, 0.05) is 13.2 Å². The van der Waals surface area contributed by atoms with Gasteiger partial charge < -0.3 is 14.8 Å². The topological polar surface area (TPSA) is 48.3 Å². The van der Waals surface area contributed by atoms with Gasteiger partial charge in [-0.2, -0.15) is 5.10 Å². The Bertz CT molecular complexity index is 350. The molecule has 0 spiro atoms. The zero-order chi connectivity index (χ0) is 14.3. The van der Waals surface area contributed by atoms with Crippen LogP contribution in [-0.2, 0) is 11.3 Å². The normalized spacial score (nSPS) is 12.9. The Morgan fingerprint density at radius 1 is 1.47 bits per heavy atom. The molecule has 1 N–H and O–H groups in total. The standard InChI is InChI=1S/C12H21F2N3O2/c1-4-17-12(10(18-3)7-16-17)9(15-2)5-6-19-8-11(13)14/h7,9,11,15H,4-6,8H2,1-3H3. The van der Waals surface area contributed by atoms with Gasteiger partial charge in [-0.1, -0.05) is 0 Å². The quantitative estimate of drug-likeness (QED) is 0.700. The van der Waals surface area contributed by atoms with Crippen LogP contribution in [0.1, 0.15) is 25.1 Å². The van der Waals surface area contributed by atoms with Crippen molar-refractivity contribution < 1.29 is 18.3 Å². The maximum Gasteiger partial charge on any atom is 0.261 e. The first-order valence-electron chi connectivity index (χ1n) is 6.26. The van der Waals surface area contributed by atoms with Gasteiger partial charge in [0.25, 0.3) is 6.43 Å². The Kier molecular flexibility index (Phi) is 6.72. The second-order valence-corrected chi connectivity index (χ2v) is 4.01. The van der Waals surface area contributed by atoms with E-state index in [4.69, 9.17) is 9.47 Å². The number of rotatable bonds is 9. The van der Waals surface area contributed by atoms with Crippen molar-refractivity contribution in [1.29, 1.82) is 0 Å². The maximum atomic E-state index is 12.0. The van der Waals surface area contributed by atoms with Gasteiger partial charge in [0.05, 0.1) is 25.0 Å². The molecule has 1 atom stereocenters. The Morgan fingerprint density at radius 3 is 2.74 bits per heavy atom. The number of hydrogen-bond donors (Lipinski definition) is 1. The van der Waals surface area contributed by atoms with Gasteiger partial charge in [0.2, 0.25) is 0 Å². The van der Waals surface area contributed by atoms with Crippen LogP contribution in [0.3, 0.4) is 0 Å². The van der Waals surface area contributed by atoms with Crippen molar-refractivity contribution in [3.8, 4) is 5.75 Å². The van der Waals surface area contributed by atoms with E-state index in [9.17, 15) is 8.78 Å². The summed E-state index contributed by atoms with van der Waals surface area (Å²) in [6.07, 6.45) is -0.196. The maximum absolute atomic E-state index is 12.0. The number of nitrogens with zero attached hydrogens (tertiary/aromatic N) is 2. The van der Waals surface area contributed by atoms with Crippen LogP contribution < -0.4 is 10.1 Å². The van der Waals surface area contributed by atoms with Crippen molar-refractivity contribution in [2.24, 2.45) is 0 Å². The molecule has 0 saturated heterocycles. The first-order chi connectivity index (χ1) is 9.13. The molecule has 1 unspecified atom stereocenters. The Hall–Kier alpha value is -1.21. The molecule has 0 aromatic carbocycles. The van der Waals surface area contributed by atoms with Gasteiger partial charge >= 0.3 is 0 Å². The molecular formula is C12H21F2N3O2. The second kappa shape index (κ2) is 8.06. The Labute approximate surface area is 111 Å². The van der Waals surface area contributed by atoms with E-state index in [0.29, 0.717) is 12.2 Å². The predicted octanol–water partition coefficient (Wildman–Crippen LogP) is 1.84. The van der Waals surface area contributed by atoms with E-state index in [-0.39, 0.29) is 12.6 Å². The van der Waals surface area contributed by atoms with Gasteiger partial charge in [-0.05, 0) is 20.4 Å². The third kappa shape index (κ3) is 4.43. The number of ether oxygens (including phenoxy) is 2. The summed E-state index contributed by atoms with van der Waals surface area (Å²) >= 11 is 0. The van der Waals surface area contributed by atoms with E-state index in [2.05, 4.69) is 10.4 Å². The molecule has 0 aliphatic carbocycles. The highest BCUT2D eigenvalue weighted by molar-refractivity contribution is 5.28. The average Bonchev–Trinajstić information content (AvgIpc) is 2.81. The third-order valence-corrected chi connectivity index (χ3v) is 2.84. The molecular weight excluding hydrogens is 256 g/mol. The minimum Gasteiger partial charge on any atom is -0.493 e. The molecule has 0 fully saturated rings. The lowest BCUT2D eigenvalue weighted by Crippen LogP contribution is -2.23. The van der Waals surface area contributed by atoms with E-state index >= 15 is 0 Å². The van der Waals surface area contributed by atoms with Crippen molar-refractivity contribution in [3.63, 3.8) is 0 Å². The van der Waals surface area contributed by atoms with Gasteiger partial charge in [-0.15, -0.1) is 0 Å². The van der Waals surface area contributed by atoms with Crippen molar-refractivity contribution in [2.45, 2.75) is 32.4 Å². The van der Waals surface area contributed by atoms with Crippen molar-refractivity contribution >= 4 is 0 Å². The zero-order valence-corrected chi connectivity index (χ0v) is 11.5. The molecule has 5 nitrogen and oxygen atoms in total. The number of hydrogen-bond acceptors (Lipinski definition) is 4. The lowest BCUT2D eigenvalue weighted by atomic mass is 10.1. The number of aryl methyl sites for hydroxylation is 1.